The molecule has 0 radical (unpaired) electrons. The quantitative estimate of drug-likeness (QED) is 0.354. The van der Waals surface area contributed by atoms with Crippen LogP contribution in [0.1, 0.15) is 19.8 Å². The van der Waals surface area contributed by atoms with Gasteiger partial charge in [0.15, 0.2) is 6.04 Å². The van der Waals surface area contributed by atoms with Crippen LogP contribution in [-0.4, -0.2) is 51.4 Å². The Hall–Kier alpha value is -1.67. The molecule has 0 saturated carbocycles. The van der Waals surface area contributed by atoms with Crippen molar-refractivity contribution in [1.82, 2.24) is 5.32 Å². The minimum absolute atomic E-state index is 0.104. The number of aliphatic hydroxyl groups is 1. The summed E-state index contributed by atoms with van der Waals surface area (Å²) in [6, 6.07) is -2.58. The molecule has 0 fully saturated rings. The number of aliphatic hydroxyl groups excluding tert-OH is 1. The highest BCUT2D eigenvalue weighted by molar-refractivity contribution is 5.87. The highest BCUT2D eigenvalue weighted by atomic mass is 16.4. The maximum absolute atomic E-state index is 11.4. The molecule has 0 unspecified atom stereocenters. The van der Waals surface area contributed by atoms with E-state index in [1.54, 1.807) is 0 Å². The Morgan fingerprint density at radius 2 is 1.82 bits per heavy atom. The fourth-order valence-corrected chi connectivity index (χ4v) is 1.06. The monoisotopic (exact) mass is 248 g/mol. The van der Waals surface area contributed by atoms with Crippen molar-refractivity contribution < 1.29 is 29.7 Å². The Morgan fingerprint density at radius 1 is 1.29 bits per heavy atom. The lowest BCUT2D eigenvalue weighted by molar-refractivity contribution is -0.145. The van der Waals surface area contributed by atoms with Gasteiger partial charge in [0.1, 0.15) is 0 Å². The first-order chi connectivity index (χ1) is 7.75. The van der Waals surface area contributed by atoms with Crippen LogP contribution in [0.4, 0.5) is 0 Å². The third-order valence-corrected chi connectivity index (χ3v) is 2.05. The predicted molar refractivity (Wildman–Crippen MR) is 56.1 cm³/mol. The van der Waals surface area contributed by atoms with Crippen molar-refractivity contribution in [2.75, 3.05) is 0 Å². The van der Waals surface area contributed by atoms with Crippen molar-refractivity contribution >= 4 is 17.8 Å². The Bertz CT molecular complexity index is 304. The maximum Gasteiger partial charge on any atom is 0.328 e. The van der Waals surface area contributed by atoms with Gasteiger partial charge in [0, 0.05) is 6.42 Å². The van der Waals surface area contributed by atoms with E-state index in [1.807, 2.05) is 5.32 Å². The van der Waals surface area contributed by atoms with Gasteiger partial charge in [-0.1, -0.05) is 0 Å². The predicted octanol–water partition coefficient (Wildman–Crippen LogP) is -1.87. The third kappa shape index (κ3) is 5.83. The molecule has 0 aromatic rings. The van der Waals surface area contributed by atoms with E-state index in [4.69, 9.17) is 21.1 Å². The highest BCUT2D eigenvalue weighted by Crippen LogP contribution is 1.98. The number of nitrogens with two attached hydrogens (primary N) is 1. The molecule has 6 N–H and O–H groups in total. The molecule has 0 aromatic heterocycles. The molecule has 8 heteroatoms. The number of hydrogen-bond donors (Lipinski definition) is 5. The van der Waals surface area contributed by atoms with Gasteiger partial charge in [-0.25, -0.2) is 4.79 Å². The molecule has 0 rings (SSSR count). The second-order valence-corrected chi connectivity index (χ2v) is 3.60. The summed E-state index contributed by atoms with van der Waals surface area (Å²) in [7, 11) is 0. The third-order valence-electron chi connectivity index (χ3n) is 2.05. The Morgan fingerprint density at radius 3 is 2.18 bits per heavy atom. The van der Waals surface area contributed by atoms with Crippen molar-refractivity contribution in [3.8, 4) is 0 Å². The molecule has 0 heterocycles. The molecule has 1 amide bonds. The molecule has 98 valence electrons. The van der Waals surface area contributed by atoms with Gasteiger partial charge < -0.3 is 26.4 Å². The molecule has 0 saturated heterocycles. The number of carboxylic acid groups (broad SMARTS) is 2. The van der Waals surface area contributed by atoms with Gasteiger partial charge in [0.2, 0.25) is 5.91 Å². The summed E-state index contributed by atoms with van der Waals surface area (Å²) >= 11 is 0. The van der Waals surface area contributed by atoms with E-state index in [0.29, 0.717) is 0 Å². The number of rotatable bonds is 7. The number of carbonyl (C=O) groups excluding carboxylic acids is 1. The van der Waals surface area contributed by atoms with E-state index in [0.717, 1.165) is 0 Å². The molecule has 0 spiro atoms. The first kappa shape index (κ1) is 15.3. The van der Waals surface area contributed by atoms with Crippen LogP contribution in [0, 0.1) is 0 Å². The van der Waals surface area contributed by atoms with Gasteiger partial charge in [-0.3, -0.25) is 9.59 Å². The number of nitrogens with one attached hydrogen (secondary N) is 1. The number of aliphatic carboxylic acids is 2. The lowest BCUT2D eigenvalue weighted by atomic mass is 10.1. The van der Waals surface area contributed by atoms with Crippen molar-refractivity contribution in [1.29, 1.82) is 0 Å². The van der Waals surface area contributed by atoms with Gasteiger partial charge in [0.25, 0.3) is 0 Å². The minimum atomic E-state index is -1.46. The molecule has 0 aromatic carbocycles. The number of hydrogen-bond acceptors (Lipinski definition) is 5. The first-order valence-electron chi connectivity index (χ1n) is 4.94. The van der Waals surface area contributed by atoms with Crippen LogP contribution in [0.2, 0.25) is 0 Å². The highest BCUT2D eigenvalue weighted by Gasteiger charge is 2.27. The average Bonchev–Trinajstić information content (AvgIpc) is 2.20. The minimum Gasteiger partial charge on any atom is -0.481 e. The second kappa shape index (κ2) is 6.81. The Balaban J connectivity index is 4.31. The van der Waals surface area contributed by atoms with Crippen LogP contribution < -0.4 is 11.1 Å². The van der Waals surface area contributed by atoms with Crippen molar-refractivity contribution in [3.63, 3.8) is 0 Å². The van der Waals surface area contributed by atoms with Crippen molar-refractivity contribution in [2.45, 2.75) is 38.0 Å². The fourth-order valence-electron chi connectivity index (χ4n) is 1.06. The summed E-state index contributed by atoms with van der Waals surface area (Å²) in [6.07, 6.45) is -1.67. The topological polar surface area (TPSA) is 150 Å². The van der Waals surface area contributed by atoms with E-state index in [2.05, 4.69) is 0 Å². The van der Waals surface area contributed by atoms with Gasteiger partial charge in [-0.15, -0.1) is 0 Å². The summed E-state index contributed by atoms with van der Waals surface area (Å²) in [5.41, 5.74) is 5.36. The molecule has 8 nitrogen and oxygen atoms in total. The van der Waals surface area contributed by atoms with Crippen molar-refractivity contribution in [3.05, 3.63) is 0 Å². The van der Waals surface area contributed by atoms with E-state index < -0.39 is 36.0 Å². The van der Waals surface area contributed by atoms with Crippen LogP contribution in [0.15, 0.2) is 0 Å². The summed E-state index contributed by atoms with van der Waals surface area (Å²) in [4.78, 5) is 32.3. The zero-order chi connectivity index (χ0) is 13.6. The van der Waals surface area contributed by atoms with Crippen molar-refractivity contribution in [2.24, 2.45) is 5.73 Å². The summed E-state index contributed by atoms with van der Waals surface area (Å²) in [5, 5.41) is 28.2. The largest absolute Gasteiger partial charge is 0.481 e. The van der Waals surface area contributed by atoms with E-state index in [9.17, 15) is 14.4 Å². The second-order valence-electron chi connectivity index (χ2n) is 3.60. The van der Waals surface area contributed by atoms with Crippen LogP contribution in [-0.2, 0) is 14.4 Å². The lowest BCUT2D eigenvalue weighted by Gasteiger charge is -2.19. The molecule has 0 bridgehead atoms. The smallest absolute Gasteiger partial charge is 0.328 e. The SMILES string of the molecule is C[C@H](O)[C@H](NC(=O)[C@@H](N)CCC(=O)O)C(=O)O. The zero-order valence-electron chi connectivity index (χ0n) is 9.29. The van der Waals surface area contributed by atoms with E-state index >= 15 is 0 Å². The maximum atomic E-state index is 11.4. The zero-order valence-corrected chi connectivity index (χ0v) is 9.29. The van der Waals surface area contributed by atoms with Crippen LogP contribution in [0.25, 0.3) is 0 Å². The van der Waals surface area contributed by atoms with Gasteiger partial charge in [-0.05, 0) is 13.3 Å². The Kier molecular flexibility index (Phi) is 6.15. The van der Waals surface area contributed by atoms with E-state index in [1.165, 1.54) is 6.92 Å². The fraction of sp³-hybridized carbons (Fsp3) is 0.667. The summed E-state index contributed by atoms with van der Waals surface area (Å²) in [6.45, 7) is 1.21. The van der Waals surface area contributed by atoms with Gasteiger partial charge in [-0.2, -0.15) is 0 Å². The standard InChI is InChI=1S/C9H16N2O6/c1-4(12)7(9(16)17)11-8(15)5(10)2-3-6(13)14/h4-5,7,12H,2-3,10H2,1H3,(H,11,15)(H,13,14)(H,16,17)/t4-,5-,7-/m0/s1. The molecule has 0 aliphatic carbocycles. The summed E-state index contributed by atoms with van der Waals surface area (Å²) in [5.74, 6) is -3.29. The number of carbonyl (C=O) groups is 3. The lowest BCUT2D eigenvalue weighted by Crippen LogP contribution is -2.52. The van der Waals surface area contributed by atoms with Gasteiger partial charge >= 0.3 is 11.9 Å². The first-order valence-corrected chi connectivity index (χ1v) is 4.94. The molecule has 0 aliphatic rings. The van der Waals surface area contributed by atoms with Crippen LogP contribution in [0.3, 0.4) is 0 Å². The number of amides is 1. The van der Waals surface area contributed by atoms with Crippen LogP contribution >= 0.6 is 0 Å². The molecular weight excluding hydrogens is 232 g/mol. The molecule has 17 heavy (non-hydrogen) atoms. The number of carboxylic acids is 2. The van der Waals surface area contributed by atoms with Crippen LogP contribution in [0.5, 0.6) is 0 Å². The Labute approximate surface area is 97.4 Å². The normalized spacial score (nSPS) is 15.7. The van der Waals surface area contributed by atoms with E-state index in [-0.39, 0.29) is 12.8 Å². The molecule has 3 atom stereocenters. The van der Waals surface area contributed by atoms with Gasteiger partial charge in [0.05, 0.1) is 12.1 Å². The molecular formula is C9H16N2O6. The molecule has 0 aliphatic heterocycles. The summed E-state index contributed by atoms with van der Waals surface area (Å²) < 4.78 is 0. The average molecular weight is 248 g/mol.